The molecule has 10 heteroatoms. The summed E-state index contributed by atoms with van der Waals surface area (Å²) in [7, 11) is 3.01. The van der Waals surface area contributed by atoms with Crippen LogP contribution in [0.3, 0.4) is 0 Å². The molecule has 0 bridgehead atoms. The van der Waals surface area contributed by atoms with E-state index in [0.717, 1.165) is 10.5 Å². The molecule has 0 aliphatic carbocycles. The summed E-state index contributed by atoms with van der Waals surface area (Å²) >= 11 is 0. The summed E-state index contributed by atoms with van der Waals surface area (Å²) < 4.78 is 10.5. The molecule has 0 saturated heterocycles. The Morgan fingerprint density at radius 1 is 1.03 bits per heavy atom. The minimum absolute atomic E-state index is 0.00931. The van der Waals surface area contributed by atoms with Gasteiger partial charge in [0, 0.05) is 24.7 Å². The molecule has 3 N–H and O–H groups in total. The van der Waals surface area contributed by atoms with E-state index in [-0.39, 0.29) is 25.6 Å². The summed E-state index contributed by atoms with van der Waals surface area (Å²) in [5.41, 5.74) is 4.33. The van der Waals surface area contributed by atoms with Crippen molar-refractivity contribution in [2.75, 3.05) is 20.8 Å². The van der Waals surface area contributed by atoms with Crippen LogP contribution >= 0.6 is 0 Å². The van der Waals surface area contributed by atoms with Gasteiger partial charge in [-0.05, 0) is 37.0 Å². The molecule has 2 amide bonds. The van der Waals surface area contributed by atoms with Crippen molar-refractivity contribution in [2.45, 2.75) is 52.4 Å². The third-order valence-corrected chi connectivity index (χ3v) is 5.68. The van der Waals surface area contributed by atoms with Crippen LogP contribution in [0.25, 0.3) is 0 Å². The van der Waals surface area contributed by atoms with Crippen LogP contribution in [0.15, 0.2) is 48.5 Å². The molecular formula is C27H37N3O7. The first-order valence-electron chi connectivity index (χ1n) is 12.1. The van der Waals surface area contributed by atoms with E-state index in [0.29, 0.717) is 23.5 Å². The number of nitrogens with one attached hydrogen (secondary N) is 2. The van der Waals surface area contributed by atoms with Gasteiger partial charge in [0.15, 0.2) is 0 Å². The average molecular weight is 516 g/mol. The lowest BCUT2D eigenvalue weighted by Crippen LogP contribution is -2.58. The Kier molecular flexibility index (Phi) is 11.9. The van der Waals surface area contributed by atoms with Crippen LogP contribution in [0.4, 0.5) is 0 Å². The van der Waals surface area contributed by atoms with Crippen LogP contribution in [0.1, 0.15) is 38.3 Å². The summed E-state index contributed by atoms with van der Waals surface area (Å²) in [6.45, 7) is 5.77. The zero-order valence-electron chi connectivity index (χ0n) is 22.0. The van der Waals surface area contributed by atoms with Gasteiger partial charge in [0.25, 0.3) is 5.91 Å². The molecule has 37 heavy (non-hydrogen) atoms. The molecule has 2 atom stereocenters. The van der Waals surface area contributed by atoms with Crippen molar-refractivity contribution in [1.29, 1.82) is 0 Å². The van der Waals surface area contributed by atoms with Gasteiger partial charge in [-0.1, -0.05) is 44.2 Å². The lowest BCUT2D eigenvalue weighted by molar-refractivity contribution is -0.158. The van der Waals surface area contributed by atoms with Crippen molar-refractivity contribution < 1.29 is 33.8 Å². The number of methoxy groups -OCH3 is 2. The summed E-state index contributed by atoms with van der Waals surface area (Å²) in [4.78, 5) is 45.3. The van der Waals surface area contributed by atoms with E-state index in [2.05, 4.69) is 10.8 Å². The molecule has 0 saturated carbocycles. The Morgan fingerprint density at radius 3 is 2.30 bits per heavy atom. The minimum atomic E-state index is -1.72. The lowest BCUT2D eigenvalue weighted by atomic mass is 10.0. The van der Waals surface area contributed by atoms with E-state index in [4.69, 9.17) is 14.3 Å². The molecule has 0 spiro atoms. The lowest BCUT2D eigenvalue weighted by Gasteiger charge is -2.31. The van der Waals surface area contributed by atoms with Crippen LogP contribution in [-0.2, 0) is 32.4 Å². The molecule has 0 fully saturated rings. The summed E-state index contributed by atoms with van der Waals surface area (Å²) in [5.74, 6) is -1.60. The van der Waals surface area contributed by atoms with E-state index in [9.17, 15) is 19.5 Å². The molecule has 202 valence electrons. The molecule has 2 rings (SSSR count). The molecule has 2 aromatic rings. The second-order valence-corrected chi connectivity index (χ2v) is 8.83. The Morgan fingerprint density at radius 2 is 1.73 bits per heavy atom. The van der Waals surface area contributed by atoms with Gasteiger partial charge in [0.1, 0.15) is 17.5 Å². The number of carboxylic acids is 1. The third kappa shape index (κ3) is 8.76. The monoisotopic (exact) mass is 515 g/mol. The molecular weight excluding hydrogens is 478 g/mol. The predicted molar refractivity (Wildman–Crippen MR) is 138 cm³/mol. The molecule has 10 nitrogen and oxygen atoms in total. The summed E-state index contributed by atoms with van der Waals surface area (Å²) in [6, 6.07) is 12.0. The fourth-order valence-electron chi connectivity index (χ4n) is 3.80. The van der Waals surface area contributed by atoms with Crippen molar-refractivity contribution in [2.24, 2.45) is 5.92 Å². The van der Waals surface area contributed by atoms with Gasteiger partial charge in [-0.15, -0.1) is 0 Å². The van der Waals surface area contributed by atoms with Crippen LogP contribution in [0, 0.1) is 5.92 Å². The molecule has 0 aliphatic heterocycles. The number of aliphatic carboxylic acids is 1. The number of nitrogens with zero attached hydrogens (tertiary/aromatic N) is 1. The third-order valence-electron chi connectivity index (χ3n) is 5.68. The number of likely N-dealkylation sites (N-methyl/N-ethyl adjacent to an activating group) is 1. The number of hydroxylamine groups is 1. The van der Waals surface area contributed by atoms with E-state index in [1.54, 1.807) is 25.1 Å². The Labute approximate surface area is 217 Å². The van der Waals surface area contributed by atoms with Gasteiger partial charge in [-0.2, -0.15) is 5.48 Å². The maximum atomic E-state index is 13.5. The number of ether oxygens (including phenoxy) is 2. The van der Waals surface area contributed by atoms with Crippen molar-refractivity contribution in [1.82, 2.24) is 15.7 Å². The number of carbonyl (C=O) groups is 3. The van der Waals surface area contributed by atoms with Gasteiger partial charge >= 0.3 is 5.97 Å². The fourth-order valence-corrected chi connectivity index (χ4v) is 3.80. The van der Waals surface area contributed by atoms with E-state index in [1.165, 1.54) is 14.2 Å². The second kappa shape index (κ2) is 14.8. The Hall–Kier alpha value is -3.63. The topological polar surface area (TPSA) is 126 Å². The largest absolute Gasteiger partial charge is 0.497 e. The Balaban J connectivity index is 2.14. The quantitative estimate of drug-likeness (QED) is 0.244. The molecule has 0 heterocycles. The smallest absolute Gasteiger partial charge is 0.336 e. The molecule has 1 unspecified atom stereocenters. The normalized spacial score (nSPS) is 12.5. The predicted octanol–water partition coefficient (Wildman–Crippen LogP) is 2.76. The van der Waals surface area contributed by atoms with Crippen molar-refractivity contribution >= 4 is 17.8 Å². The van der Waals surface area contributed by atoms with Crippen molar-refractivity contribution in [3.63, 3.8) is 0 Å². The van der Waals surface area contributed by atoms with Gasteiger partial charge in [0.2, 0.25) is 11.9 Å². The highest BCUT2D eigenvalue weighted by atomic mass is 16.6. The van der Waals surface area contributed by atoms with Gasteiger partial charge in [-0.25, -0.2) is 4.79 Å². The van der Waals surface area contributed by atoms with Crippen LogP contribution < -0.4 is 20.3 Å². The summed E-state index contributed by atoms with van der Waals surface area (Å²) in [6.07, 6.45) is 0.390. The number of carbonyl (C=O) groups excluding carboxylic acids is 2. The Bertz CT molecular complexity index is 1030. The highest BCUT2D eigenvalue weighted by molar-refractivity contribution is 6.04. The molecule has 0 radical (unpaired) electrons. The van der Waals surface area contributed by atoms with Crippen LogP contribution in [0.5, 0.6) is 11.5 Å². The highest BCUT2D eigenvalue weighted by Gasteiger charge is 2.38. The molecule has 0 aliphatic rings. The molecule has 0 aromatic heterocycles. The second-order valence-electron chi connectivity index (χ2n) is 8.83. The number of benzene rings is 2. The zero-order chi connectivity index (χ0) is 27.4. The standard InChI is InChI=1S/C27H37N3O7/c1-6-30(26(32)22(14-18(2)3)29-37-17-19-10-8-7-9-11-19)24(27(33)34)25(31)28-16-20-12-13-21(35-4)15-23(20)36-5/h7-13,15,18,22,24,29H,6,14,16-17H2,1-5H3,(H,28,31)(H,33,34)/t22-,24?/m0/s1. The highest BCUT2D eigenvalue weighted by Crippen LogP contribution is 2.24. The number of carboxylic acid groups (broad SMARTS) is 1. The van der Waals surface area contributed by atoms with Crippen molar-refractivity contribution in [3.8, 4) is 11.5 Å². The zero-order valence-corrected chi connectivity index (χ0v) is 22.0. The fraction of sp³-hybridized carbons (Fsp3) is 0.444. The average Bonchev–Trinajstić information content (AvgIpc) is 2.89. The first-order chi connectivity index (χ1) is 17.7. The van der Waals surface area contributed by atoms with Crippen molar-refractivity contribution in [3.05, 3.63) is 59.7 Å². The molecule has 2 aromatic carbocycles. The van der Waals surface area contributed by atoms with E-state index in [1.807, 2.05) is 44.2 Å². The first-order valence-corrected chi connectivity index (χ1v) is 12.1. The minimum Gasteiger partial charge on any atom is -0.497 e. The SMILES string of the molecule is CCN(C(=O)[C@H](CC(C)C)NOCc1ccccc1)C(C(=O)O)C(=O)NCc1ccc(OC)cc1OC. The van der Waals surface area contributed by atoms with Gasteiger partial charge < -0.3 is 24.8 Å². The van der Waals surface area contributed by atoms with E-state index < -0.39 is 29.9 Å². The maximum Gasteiger partial charge on any atom is 0.336 e. The van der Waals surface area contributed by atoms with Crippen LogP contribution in [0.2, 0.25) is 0 Å². The van der Waals surface area contributed by atoms with Gasteiger partial charge in [0.05, 0.1) is 20.8 Å². The summed E-state index contributed by atoms with van der Waals surface area (Å²) in [5, 5.41) is 12.5. The number of hydrogen-bond acceptors (Lipinski definition) is 7. The first kappa shape index (κ1) is 29.6. The number of rotatable bonds is 15. The number of amides is 2. The van der Waals surface area contributed by atoms with E-state index >= 15 is 0 Å². The van der Waals surface area contributed by atoms with Crippen LogP contribution in [-0.4, -0.2) is 60.6 Å². The number of hydrogen-bond donors (Lipinski definition) is 3. The maximum absolute atomic E-state index is 13.5. The van der Waals surface area contributed by atoms with Gasteiger partial charge in [-0.3, -0.25) is 14.4 Å².